The average molecular weight is 231 g/mol. The highest BCUT2D eigenvalue weighted by atomic mass is 16.1. The lowest BCUT2D eigenvalue weighted by atomic mass is 9.96. The van der Waals surface area contributed by atoms with Crippen molar-refractivity contribution < 1.29 is 0 Å². The van der Waals surface area contributed by atoms with Crippen LogP contribution in [0.25, 0.3) is 11.0 Å². The van der Waals surface area contributed by atoms with Crippen molar-refractivity contribution >= 4 is 11.0 Å². The maximum Gasteiger partial charge on any atom is 0.252 e. The molecule has 0 fully saturated rings. The first-order chi connectivity index (χ1) is 7.91. The van der Waals surface area contributed by atoms with Gasteiger partial charge in [-0.3, -0.25) is 4.79 Å². The molecule has 2 aromatic heterocycles. The lowest BCUT2D eigenvalue weighted by Gasteiger charge is -2.16. The molecule has 2 heterocycles. The summed E-state index contributed by atoms with van der Waals surface area (Å²) in [4.78, 5) is 23.3. The first-order valence-corrected chi connectivity index (χ1v) is 5.81. The summed E-state index contributed by atoms with van der Waals surface area (Å²) < 4.78 is 0. The molecule has 0 atom stereocenters. The Kier molecular flexibility index (Phi) is 2.73. The Morgan fingerprint density at radius 1 is 1.35 bits per heavy atom. The molecule has 0 radical (unpaired) electrons. The molecule has 4 nitrogen and oxygen atoms in total. The van der Waals surface area contributed by atoms with E-state index in [1.165, 1.54) is 0 Å². The summed E-state index contributed by atoms with van der Waals surface area (Å²) >= 11 is 0. The third kappa shape index (κ3) is 2.20. The van der Waals surface area contributed by atoms with Gasteiger partial charge in [0.1, 0.15) is 11.5 Å². The molecule has 0 saturated heterocycles. The van der Waals surface area contributed by atoms with Crippen molar-refractivity contribution in [3.05, 3.63) is 34.0 Å². The molecule has 0 saturated carbocycles. The Morgan fingerprint density at radius 3 is 2.65 bits per heavy atom. The van der Waals surface area contributed by atoms with Crippen LogP contribution in [-0.2, 0) is 11.8 Å². The monoisotopic (exact) mass is 231 g/mol. The highest BCUT2D eigenvalue weighted by Gasteiger charge is 2.17. The molecular weight excluding hydrogens is 214 g/mol. The molecule has 2 rings (SSSR count). The van der Waals surface area contributed by atoms with Gasteiger partial charge >= 0.3 is 0 Å². The second kappa shape index (κ2) is 3.95. The minimum absolute atomic E-state index is 0.0569. The van der Waals surface area contributed by atoms with Crippen LogP contribution in [0, 0.1) is 0 Å². The van der Waals surface area contributed by atoms with E-state index in [1.807, 2.05) is 33.8 Å². The van der Waals surface area contributed by atoms with Gasteiger partial charge < -0.3 is 4.98 Å². The smallest absolute Gasteiger partial charge is 0.252 e. The number of hydrogen-bond acceptors (Lipinski definition) is 3. The van der Waals surface area contributed by atoms with Crippen molar-refractivity contribution in [1.29, 1.82) is 0 Å². The Labute approximate surface area is 100 Å². The Hall–Kier alpha value is -1.71. The van der Waals surface area contributed by atoms with E-state index in [9.17, 15) is 4.79 Å². The number of rotatable bonds is 1. The molecule has 0 spiro atoms. The first-order valence-electron chi connectivity index (χ1n) is 5.81. The van der Waals surface area contributed by atoms with Gasteiger partial charge in [-0.2, -0.15) is 0 Å². The first kappa shape index (κ1) is 11.8. The number of aryl methyl sites for hydroxylation is 1. The third-order valence-electron chi connectivity index (χ3n) is 2.72. The normalized spacial score (nSPS) is 12.0. The number of fused-ring (bicyclic) bond motifs is 1. The maximum absolute atomic E-state index is 11.7. The molecule has 4 heteroatoms. The summed E-state index contributed by atoms with van der Waals surface area (Å²) in [5, 5.41) is 0.884. The number of H-pyrrole nitrogens is 1. The summed E-state index contributed by atoms with van der Waals surface area (Å²) in [5.41, 5.74) is 1.21. The molecule has 1 N–H and O–H groups in total. The summed E-state index contributed by atoms with van der Waals surface area (Å²) in [6, 6.07) is 1.86. The van der Waals surface area contributed by atoms with Crippen molar-refractivity contribution in [3.8, 4) is 0 Å². The van der Waals surface area contributed by atoms with E-state index >= 15 is 0 Å². The van der Waals surface area contributed by atoms with Crippen LogP contribution < -0.4 is 5.56 Å². The largest absolute Gasteiger partial charge is 0.306 e. The van der Waals surface area contributed by atoms with Crippen LogP contribution in [0.15, 0.2) is 17.1 Å². The zero-order chi connectivity index (χ0) is 12.6. The predicted octanol–water partition coefficient (Wildman–Crippen LogP) is 2.18. The number of aromatic amines is 1. The minimum atomic E-state index is -0.117. The predicted molar refractivity (Wildman–Crippen MR) is 68.2 cm³/mol. The molecule has 0 aliphatic heterocycles. The lowest BCUT2D eigenvalue weighted by Crippen LogP contribution is -2.18. The van der Waals surface area contributed by atoms with E-state index in [1.54, 1.807) is 6.20 Å². The van der Waals surface area contributed by atoms with Crippen LogP contribution in [0.4, 0.5) is 0 Å². The maximum atomic E-state index is 11.7. The fourth-order valence-corrected chi connectivity index (χ4v) is 1.66. The molecule has 2 aromatic rings. The fourth-order valence-electron chi connectivity index (χ4n) is 1.66. The molecule has 0 aliphatic carbocycles. The standard InChI is InChI=1S/C13H17N3O/c1-5-8-6-9-7-14-12(13(2,3)4)16-10(9)15-11(8)17/h6-7H,5H2,1-4H3,(H,14,15,16,17). The topological polar surface area (TPSA) is 58.6 Å². The van der Waals surface area contributed by atoms with E-state index in [0.717, 1.165) is 16.8 Å². The number of nitrogens with one attached hydrogen (secondary N) is 1. The summed E-state index contributed by atoms with van der Waals surface area (Å²) in [6.07, 6.45) is 2.49. The van der Waals surface area contributed by atoms with Gasteiger partial charge in [0, 0.05) is 22.6 Å². The Bertz CT molecular complexity index is 608. The van der Waals surface area contributed by atoms with Crippen molar-refractivity contribution in [3.63, 3.8) is 0 Å². The average Bonchev–Trinajstić information content (AvgIpc) is 2.26. The minimum Gasteiger partial charge on any atom is -0.306 e. The number of hydrogen-bond donors (Lipinski definition) is 1. The van der Waals surface area contributed by atoms with E-state index in [0.29, 0.717) is 12.1 Å². The van der Waals surface area contributed by atoms with Crippen LogP contribution in [0.2, 0.25) is 0 Å². The zero-order valence-electron chi connectivity index (χ0n) is 10.7. The van der Waals surface area contributed by atoms with Gasteiger partial charge in [-0.05, 0) is 12.5 Å². The molecule has 0 amide bonds. The van der Waals surface area contributed by atoms with Crippen molar-refractivity contribution in [2.24, 2.45) is 0 Å². The molecule has 17 heavy (non-hydrogen) atoms. The van der Waals surface area contributed by atoms with Gasteiger partial charge in [-0.1, -0.05) is 27.7 Å². The van der Waals surface area contributed by atoms with Crippen LogP contribution in [0.3, 0.4) is 0 Å². The Morgan fingerprint density at radius 2 is 2.06 bits per heavy atom. The lowest BCUT2D eigenvalue weighted by molar-refractivity contribution is 0.547. The molecule has 0 aromatic carbocycles. The van der Waals surface area contributed by atoms with Gasteiger partial charge in [0.25, 0.3) is 5.56 Å². The van der Waals surface area contributed by atoms with E-state index in [2.05, 4.69) is 15.0 Å². The van der Waals surface area contributed by atoms with Gasteiger partial charge in [0.15, 0.2) is 0 Å². The zero-order valence-corrected chi connectivity index (χ0v) is 10.7. The highest BCUT2D eigenvalue weighted by molar-refractivity contribution is 5.74. The van der Waals surface area contributed by atoms with Gasteiger partial charge in [0.2, 0.25) is 0 Å². The molecule has 90 valence electrons. The van der Waals surface area contributed by atoms with E-state index in [4.69, 9.17) is 0 Å². The number of nitrogens with zero attached hydrogens (tertiary/aromatic N) is 2. The molecule has 0 unspecified atom stereocenters. The van der Waals surface area contributed by atoms with E-state index < -0.39 is 0 Å². The van der Waals surface area contributed by atoms with E-state index in [-0.39, 0.29) is 11.0 Å². The molecular formula is C13H17N3O. The SMILES string of the molecule is CCc1cc2cnc(C(C)(C)C)nc2[nH]c1=O. The third-order valence-corrected chi connectivity index (χ3v) is 2.72. The van der Waals surface area contributed by atoms with Crippen LogP contribution in [0.1, 0.15) is 39.1 Å². The quantitative estimate of drug-likeness (QED) is 0.818. The number of pyridine rings is 1. The van der Waals surface area contributed by atoms with Gasteiger partial charge in [-0.15, -0.1) is 0 Å². The number of aromatic nitrogens is 3. The van der Waals surface area contributed by atoms with Crippen molar-refractivity contribution in [2.75, 3.05) is 0 Å². The van der Waals surface area contributed by atoms with Gasteiger partial charge in [-0.25, -0.2) is 9.97 Å². The molecule has 0 aliphatic rings. The van der Waals surface area contributed by atoms with Crippen molar-refractivity contribution in [1.82, 2.24) is 15.0 Å². The van der Waals surface area contributed by atoms with Crippen molar-refractivity contribution in [2.45, 2.75) is 39.5 Å². The fraction of sp³-hybridized carbons (Fsp3) is 0.462. The van der Waals surface area contributed by atoms with Crippen LogP contribution >= 0.6 is 0 Å². The second-order valence-electron chi connectivity index (χ2n) is 5.22. The summed E-state index contributed by atoms with van der Waals surface area (Å²) in [6.45, 7) is 8.10. The Balaban J connectivity index is 2.68. The second-order valence-corrected chi connectivity index (χ2v) is 5.22. The highest BCUT2D eigenvalue weighted by Crippen LogP contribution is 2.19. The van der Waals surface area contributed by atoms with Crippen LogP contribution in [-0.4, -0.2) is 15.0 Å². The van der Waals surface area contributed by atoms with Crippen LogP contribution in [0.5, 0.6) is 0 Å². The van der Waals surface area contributed by atoms with Gasteiger partial charge in [0.05, 0.1) is 0 Å². The summed E-state index contributed by atoms with van der Waals surface area (Å²) in [5.74, 6) is 0.741. The molecule has 0 bridgehead atoms. The summed E-state index contributed by atoms with van der Waals surface area (Å²) in [7, 11) is 0.